The predicted molar refractivity (Wildman–Crippen MR) is 49.0 cm³/mol. The molecule has 0 spiro atoms. The molecule has 0 atom stereocenters. The Morgan fingerprint density at radius 3 is 2.25 bits per heavy atom. The summed E-state index contributed by atoms with van der Waals surface area (Å²) in [6.07, 6.45) is 1.31. The average molecular weight is 173 g/mol. The number of methoxy groups -OCH3 is 1. The Labute approximate surface area is 74.7 Å². The Balaban J connectivity index is 3.83. The minimum absolute atomic E-state index is 0.0637. The van der Waals surface area contributed by atoms with Crippen LogP contribution in [0.15, 0.2) is 0 Å². The van der Waals surface area contributed by atoms with Crippen molar-refractivity contribution in [1.29, 1.82) is 0 Å². The summed E-state index contributed by atoms with van der Waals surface area (Å²) in [7, 11) is 5.44. The molecule has 0 radical (unpaired) electrons. The molecule has 0 aromatic heterocycles. The van der Waals surface area contributed by atoms with Crippen LogP contribution in [0.5, 0.6) is 0 Å². The van der Waals surface area contributed by atoms with Gasteiger partial charge >= 0.3 is 5.97 Å². The standard InChI is InChI=1S/C9H19NO2/c1-9(2,10(3)4)7-6-8(11)12-5/h6-7H2,1-5H3. The lowest BCUT2D eigenvalue weighted by atomic mass is 9.97. The first-order valence-corrected chi connectivity index (χ1v) is 4.14. The number of nitrogens with zero attached hydrogens (tertiary/aromatic N) is 1. The molecule has 0 fully saturated rings. The molecule has 0 saturated carbocycles. The average Bonchev–Trinajstić information content (AvgIpc) is 2.00. The van der Waals surface area contributed by atoms with Crippen molar-refractivity contribution in [3.63, 3.8) is 0 Å². The number of esters is 1. The second kappa shape index (κ2) is 4.45. The van der Waals surface area contributed by atoms with Gasteiger partial charge in [0.1, 0.15) is 0 Å². The van der Waals surface area contributed by atoms with Crippen LogP contribution in [0.2, 0.25) is 0 Å². The van der Waals surface area contributed by atoms with Gasteiger partial charge in [-0.3, -0.25) is 4.79 Å². The van der Waals surface area contributed by atoms with Crippen molar-refractivity contribution in [2.24, 2.45) is 0 Å². The normalized spacial score (nSPS) is 11.8. The molecule has 0 bridgehead atoms. The van der Waals surface area contributed by atoms with E-state index in [9.17, 15) is 4.79 Å². The summed E-state index contributed by atoms with van der Waals surface area (Å²) in [5.41, 5.74) is 0.0637. The number of hydrogen-bond acceptors (Lipinski definition) is 3. The molecule has 0 heterocycles. The van der Waals surface area contributed by atoms with E-state index in [-0.39, 0.29) is 11.5 Å². The summed E-state index contributed by atoms with van der Waals surface area (Å²) in [4.78, 5) is 12.9. The first-order valence-electron chi connectivity index (χ1n) is 4.14. The van der Waals surface area contributed by atoms with Crippen LogP contribution in [0.4, 0.5) is 0 Å². The zero-order valence-electron chi connectivity index (χ0n) is 8.68. The molecule has 0 aliphatic heterocycles. The van der Waals surface area contributed by atoms with Crippen LogP contribution in [0.25, 0.3) is 0 Å². The molecular weight excluding hydrogens is 154 g/mol. The zero-order valence-corrected chi connectivity index (χ0v) is 8.68. The second-order valence-electron chi connectivity index (χ2n) is 3.78. The van der Waals surface area contributed by atoms with Gasteiger partial charge in [0.25, 0.3) is 0 Å². The van der Waals surface area contributed by atoms with Crippen molar-refractivity contribution in [2.45, 2.75) is 32.2 Å². The van der Waals surface area contributed by atoms with Gasteiger partial charge in [0, 0.05) is 12.0 Å². The van der Waals surface area contributed by atoms with Gasteiger partial charge in [-0.25, -0.2) is 0 Å². The van der Waals surface area contributed by atoms with Crippen molar-refractivity contribution >= 4 is 5.97 Å². The molecule has 0 N–H and O–H groups in total. The number of carbonyl (C=O) groups is 1. The van der Waals surface area contributed by atoms with E-state index in [1.807, 2.05) is 14.1 Å². The van der Waals surface area contributed by atoms with Crippen LogP contribution in [-0.4, -0.2) is 37.6 Å². The van der Waals surface area contributed by atoms with E-state index in [2.05, 4.69) is 23.5 Å². The van der Waals surface area contributed by atoms with E-state index < -0.39 is 0 Å². The van der Waals surface area contributed by atoms with Crippen molar-refractivity contribution in [1.82, 2.24) is 4.90 Å². The maximum atomic E-state index is 10.8. The number of rotatable bonds is 4. The molecule has 72 valence electrons. The summed E-state index contributed by atoms with van der Waals surface area (Å²) in [5.74, 6) is -0.134. The van der Waals surface area contributed by atoms with Crippen molar-refractivity contribution in [3.05, 3.63) is 0 Å². The lowest BCUT2D eigenvalue weighted by molar-refractivity contribution is -0.141. The fourth-order valence-corrected chi connectivity index (χ4v) is 0.734. The number of ether oxygens (including phenoxy) is 1. The molecule has 12 heavy (non-hydrogen) atoms. The first-order chi connectivity index (χ1) is 5.40. The minimum atomic E-state index is -0.134. The summed E-state index contributed by atoms with van der Waals surface area (Å²) in [5, 5.41) is 0. The van der Waals surface area contributed by atoms with Gasteiger partial charge < -0.3 is 9.64 Å². The van der Waals surface area contributed by atoms with Crippen molar-refractivity contribution < 1.29 is 9.53 Å². The number of carbonyl (C=O) groups excluding carboxylic acids is 1. The van der Waals surface area contributed by atoms with Crippen LogP contribution >= 0.6 is 0 Å². The SMILES string of the molecule is COC(=O)CCC(C)(C)N(C)C. The lowest BCUT2D eigenvalue weighted by Crippen LogP contribution is -2.38. The Kier molecular flexibility index (Phi) is 4.24. The van der Waals surface area contributed by atoms with Gasteiger partial charge in [-0.15, -0.1) is 0 Å². The highest BCUT2D eigenvalue weighted by molar-refractivity contribution is 5.69. The van der Waals surface area contributed by atoms with Crippen LogP contribution in [0, 0.1) is 0 Å². The van der Waals surface area contributed by atoms with Crippen LogP contribution in [0.1, 0.15) is 26.7 Å². The number of hydrogen-bond donors (Lipinski definition) is 0. The molecule has 0 aliphatic carbocycles. The first kappa shape index (κ1) is 11.4. The molecule has 0 aromatic rings. The van der Waals surface area contributed by atoms with Gasteiger partial charge in [0.2, 0.25) is 0 Å². The summed E-state index contributed by atoms with van der Waals surface area (Å²) >= 11 is 0. The van der Waals surface area contributed by atoms with E-state index >= 15 is 0 Å². The molecule has 3 heteroatoms. The molecule has 0 rings (SSSR count). The third kappa shape index (κ3) is 3.72. The molecule has 3 nitrogen and oxygen atoms in total. The van der Waals surface area contributed by atoms with Gasteiger partial charge in [-0.1, -0.05) is 0 Å². The van der Waals surface area contributed by atoms with E-state index in [0.717, 1.165) is 6.42 Å². The third-order valence-electron chi connectivity index (χ3n) is 2.38. The van der Waals surface area contributed by atoms with Crippen LogP contribution in [0.3, 0.4) is 0 Å². The van der Waals surface area contributed by atoms with Gasteiger partial charge in [-0.2, -0.15) is 0 Å². The summed E-state index contributed by atoms with van der Waals surface area (Å²) < 4.78 is 4.57. The van der Waals surface area contributed by atoms with Crippen molar-refractivity contribution in [2.75, 3.05) is 21.2 Å². The molecule has 0 aromatic carbocycles. The highest BCUT2D eigenvalue weighted by Crippen LogP contribution is 2.17. The molecular formula is C9H19NO2. The fraction of sp³-hybridized carbons (Fsp3) is 0.889. The third-order valence-corrected chi connectivity index (χ3v) is 2.38. The summed E-state index contributed by atoms with van der Waals surface area (Å²) in [6.45, 7) is 4.21. The highest BCUT2D eigenvalue weighted by atomic mass is 16.5. The van der Waals surface area contributed by atoms with E-state index in [1.165, 1.54) is 7.11 Å². The maximum Gasteiger partial charge on any atom is 0.305 e. The van der Waals surface area contributed by atoms with Crippen LogP contribution in [-0.2, 0) is 9.53 Å². The Bertz CT molecular complexity index is 153. The maximum absolute atomic E-state index is 10.8. The zero-order chi connectivity index (χ0) is 9.78. The lowest BCUT2D eigenvalue weighted by Gasteiger charge is -2.32. The topological polar surface area (TPSA) is 29.5 Å². The minimum Gasteiger partial charge on any atom is -0.469 e. The second-order valence-corrected chi connectivity index (χ2v) is 3.78. The summed E-state index contributed by atoms with van der Waals surface area (Å²) in [6, 6.07) is 0. The molecule has 0 unspecified atom stereocenters. The highest BCUT2D eigenvalue weighted by Gasteiger charge is 2.21. The van der Waals surface area contributed by atoms with Crippen LogP contribution < -0.4 is 0 Å². The Morgan fingerprint density at radius 2 is 1.92 bits per heavy atom. The van der Waals surface area contributed by atoms with Gasteiger partial charge in [0.05, 0.1) is 7.11 Å². The molecule has 0 amide bonds. The van der Waals surface area contributed by atoms with E-state index in [4.69, 9.17) is 0 Å². The van der Waals surface area contributed by atoms with Crippen molar-refractivity contribution in [3.8, 4) is 0 Å². The van der Waals surface area contributed by atoms with E-state index in [0.29, 0.717) is 6.42 Å². The Hall–Kier alpha value is -0.570. The fourth-order valence-electron chi connectivity index (χ4n) is 0.734. The quantitative estimate of drug-likeness (QED) is 0.600. The molecule has 0 aliphatic rings. The smallest absolute Gasteiger partial charge is 0.305 e. The Morgan fingerprint density at radius 1 is 1.42 bits per heavy atom. The predicted octanol–water partition coefficient (Wildman–Crippen LogP) is 1.28. The molecule has 0 saturated heterocycles. The van der Waals surface area contributed by atoms with E-state index in [1.54, 1.807) is 0 Å². The van der Waals surface area contributed by atoms with Gasteiger partial charge in [0.15, 0.2) is 0 Å². The van der Waals surface area contributed by atoms with Gasteiger partial charge in [-0.05, 0) is 34.4 Å². The largest absolute Gasteiger partial charge is 0.469 e. The monoisotopic (exact) mass is 173 g/mol.